The van der Waals surface area contributed by atoms with Crippen molar-refractivity contribution in [1.29, 1.82) is 0 Å². The van der Waals surface area contributed by atoms with Crippen LogP contribution in [0.1, 0.15) is 17.5 Å². The van der Waals surface area contributed by atoms with E-state index in [2.05, 4.69) is 0 Å². The maximum absolute atomic E-state index is 13.5. The van der Waals surface area contributed by atoms with E-state index in [0.29, 0.717) is 30.8 Å². The SMILES string of the molecule is NCCCN1C(=O)C(O)(c2cccc(F)c2)c2ccccc21. The van der Waals surface area contributed by atoms with Crippen LogP contribution in [-0.4, -0.2) is 24.1 Å². The lowest BCUT2D eigenvalue weighted by Crippen LogP contribution is -2.41. The lowest BCUT2D eigenvalue weighted by atomic mass is 9.87. The van der Waals surface area contributed by atoms with Gasteiger partial charge in [0.15, 0.2) is 5.60 Å². The van der Waals surface area contributed by atoms with Crippen LogP contribution in [0.5, 0.6) is 0 Å². The number of carbonyl (C=O) groups is 1. The molecular weight excluding hydrogens is 283 g/mol. The number of fused-ring (bicyclic) bond motifs is 1. The quantitative estimate of drug-likeness (QED) is 0.904. The highest BCUT2D eigenvalue weighted by Crippen LogP contribution is 2.44. The van der Waals surface area contributed by atoms with Gasteiger partial charge >= 0.3 is 0 Å². The molecule has 1 aliphatic rings. The molecule has 5 heteroatoms. The smallest absolute Gasteiger partial charge is 0.268 e. The van der Waals surface area contributed by atoms with E-state index >= 15 is 0 Å². The van der Waals surface area contributed by atoms with Crippen molar-refractivity contribution in [2.75, 3.05) is 18.0 Å². The Balaban J connectivity index is 2.14. The molecule has 0 radical (unpaired) electrons. The molecule has 114 valence electrons. The molecule has 1 atom stereocenters. The average Bonchev–Trinajstić information content (AvgIpc) is 2.75. The van der Waals surface area contributed by atoms with E-state index in [1.165, 1.54) is 23.1 Å². The number of carbonyl (C=O) groups excluding carboxylic acids is 1. The fourth-order valence-electron chi connectivity index (χ4n) is 2.90. The molecule has 0 spiro atoms. The van der Waals surface area contributed by atoms with Gasteiger partial charge in [-0.3, -0.25) is 4.79 Å². The molecule has 3 rings (SSSR count). The Morgan fingerprint density at radius 1 is 1.18 bits per heavy atom. The van der Waals surface area contributed by atoms with Crippen molar-refractivity contribution in [1.82, 2.24) is 0 Å². The van der Waals surface area contributed by atoms with Crippen molar-refractivity contribution in [2.24, 2.45) is 5.73 Å². The largest absolute Gasteiger partial charge is 0.372 e. The standard InChI is InChI=1S/C17H17FN2O2/c18-13-6-3-5-12(11-13)17(22)14-7-1-2-8-15(14)20(16(17)21)10-4-9-19/h1-3,5-8,11,22H,4,9-10,19H2. The molecule has 0 aliphatic carbocycles. The van der Waals surface area contributed by atoms with Gasteiger partial charge in [0.2, 0.25) is 0 Å². The van der Waals surface area contributed by atoms with Gasteiger partial charge in [0.25, 0.3) is 5.91 Å². The predicted octanol–water partition coefficient (Wildman–Crippen LogP) is 1.76. The number of anilines is 1. The fraction of sp³-hybridized carbons (Fsp3) is 0.235. The molecule has 0 fully saturated rings. The summed E-state index contributed by atoms with van der Waals surface area (Å²) in [5.41, 5.74) is 5.02. The maximum atomic E-state index is 13.5. The van der Waals surface area contributed by atoms with Crippen LogP contribution in [0, 0.1) is 5.82 Å². The van der Waals surface area contributed by atoms with E-state index in [9.17, 15) is 14.3 Å². The minimum Gasteiger partial charge on any atom is -0.372 e. The Labute approximate surface area is 128 Å². The highest BCUT2D eigenvalue weighted by atomic mass is 19.1. The van der Waals surface area contributed by atoms with E-state index in [-0.39, 0.29) is 5.56 Å². The van der Waals surface area contributed by atoms with Gasteiger partial charge in [0.05, 0.1) is 5.69 Å². The summed E-state index contributed by atoms with van der Waals surface area (Å²) in [7, 11) is 0. The summed E-state index contributed by atoms with van der Waals surface area (Å²) in [4.78, 5) is 14.3. The molecule has 2 aromatic carbocycles. The van der Waals surface area contributed by atoms with Gasteiger partial charge in [-0.2, -0.15) is 0 Å². The highest BCUT2D eigenvalue weighted by Gasteiger charge is 2.50. The first-order valence-electron chi connectivity index (χ1n) is 7.19. The number of nitrogens with zero attached hydrogens (tertiary/aromatic N) is 1. The number of hydrogen-bond acceptors (Lipinski definition) is 3. The van der Waals surface area contributed by atoms with Gasteiger partial charge in [0.1, 0.15) is 5.82 Å². The second-order valence-corrected chi connectivity index (χ2v) is 5.34. The summed E-state index contributed by atoms with van der Waals surface area (Å²) in [5, 5.41) is 11.1. The highest BCUT2D eigenvalue weighted by molar-refractivity contribution is 6.09. The van der Waals surface area contributed by atoms with Crippen molar-refractivity contribution in [2.45, 2.75) is 12.0 Å². The first-order chi connectivity index (χ1) is 10.6. The predicted molar refractivity (Wildman–Crippen MR) is 81.9 cm³/mol. The van der Waals surface area contributed by atoms with Gasteiger partial charge < -0.3 is 15.7 Å². The molecule has 0 saturated carbocycles. The van der Waals surface area contributed by atoms with Crippen LogP contribution in [0.25, 0.3) is 0 Å². The summed E-state index contributed by atoms with van der Waals surface area (Å²) >= 11 is 0. The molecule has 1 heterocycles. The Morgan fingerprint density at radius 3 is 2.68 bits per heavy atom. The minimum atomic E-state index is -1.85. The zero-order valence-electron chi connectivity index (χ0n) is 12.0. The molecular formula is C17H17FN2O2. The third-order valence-electron chi connectivity index (χ3n) is 3.97. The molecule has 0 saturated heterocycles. The second kappa shape index (κ2) is 5.51. The zero-order valence-corrected chi connectivity index (χ0v) is 12.0. The number of para-hydroxylation sites is 1. The summed E-state index contributed by atoms with van der Waals surface area (Å²) in [6.07, 6.45) is 0.624. The van der Waals surface area contributed by atoms with Crippen molar-refractivity contribution < 1.29 is 14.3 Å². The number of nitrogens with two attached hydrogens (primary N) is 1. The topological polar surface area (TPSA) is 66.6 Å². The second-order valence-electron chi connectivity index (χ2n) is 5.34. The van der Waals surface area contributed by atoms with Gasteiger partial charge in [-0.05, 0) is 31.2 Å². The molecule has 1 amide bonds. The van der Waals surface area contributed by atoms with Crippen LogP contribution in [-0.2, 0) is 10.4 Å². The zero-order chi connectivity index (χ0) is 15.7. The van der Waals surface area contributed by atoms with Crippen LogP contribution >= 0.6 is 0 Å². The molecule has 1 aliphatic heterocycles. The van der Waals surface area contributed by atoms with Crippen LogP contribution in [0.4, 0.5) is 10.1 Å². The number of rotatable bonds is 4. The number of aliphatic hydroxyl groups is 1. The van der Waals surface area contributed by atoms with E-state index in [4.69, 9.17) is 5.73 Å². The Bertz CT molecular complexity index is 719. The molecule has 2 aromatic rings. The Morgan fingerprint density at radius 2 is 1.95 bits per heavy atom. The first kappa shape index (κ1) is 14.7. The van der Waals surface area contributed by atoms with E-state index in [1.54, 1.807) is 30.3 Å². The van der Waals surface area contributed by atoms with Crippen LogP contribution < -0.4 is 10.6 Å². The van der Waals surface area contributed by atoms with Crippen molar-refractivity contribution >= 4 is 11.6 Å². The maximum Gasteiger partial charge on any atom is 0.268 e. The summed E-state index contributed by atoms with van der Waals surface area (Å²) < 4.78 is 13.5. The Kier molecular flexibility index (Phi) is 3.68. The normalized spacial score (nSPS) is 20.3. The number of benzene rings is 2. The molecule has 1 unspecified atom stereocenters. The van der Waals surface area contributed by atoms with Gasteiger partial charge in [-0.25, -0.2) is 4.39 Å². The average molecular weight is 300 g/mol. The van der Waals surface area contributed by atoms with Crippen molar-refractivity contribution in [3.8, 4) is 0 Å². The van der Waals surface area contributed by atoms with Gasteiger partial charge in [-0.1, -0.05) is 30.3 Å². The monoisotopic (exact) mass is 300 g/mol. The van der Waals surface area contributed by atoms with Crippen LogP contribution in [0.2, 0.25) is 0 Å². The minimum absolute atomic E-state index is 0.236. The third-order valence-corrected chi connectivity index (χ3v) is 3.97. The van der Waals surface area contributed by atoms with E-state index in [1.807, 2.05) is 0 Å². The summed E-state index contributed by atoms with van der Waals surface area (Å²) in [5.74, 6) is -0.954. The molecule has 22 heavy (non-hydrogen) atoms. The van der Waals surface area contributed by atoms with Crippen LogP contribution in [0.3, 0.4) is 0 Å². The summed E-state index contributed by atoms with van der Waals surface area (Å²) in [6.45, 7) is 0.869. The van der Waals surface area contributed by atoms with Crippen LogP contribution in [0.15, 0.2) is 48.5 Å². The van der Waals surface area contributed by atoms with E-state index < -0.39 is 17.3 Å². The van der Waals surface area contributed by atoms with Gasteiger partial charge in [-0.15, -0.1) is 0 Å². The number of amides is 1. The van der Waals surface area contributed by atoms with Crippen molar-refractivity contribution in [3.05, 3.63) is 65.5 Å². The number of hydrogen-bond donors (Lipinski definition) is 2. The lowest BCUT2D eigenvalue weighted by Gasteiger charge is -2.23. The number of halogens is 1. The Hall–Kier alpha value is -2.24. The molecule has 4 nitrogen and oxygen atoms in total. The third kappa shape index (κ3) is 2.10. The van der Waals surface area contributed by atoms with Crippen molar-refractivity contribution in [3.63, 3.8) is 0 Å². The first-order valence-corrected chi connectivity index (χ1v) is 7.19. The fourth-order valence-corrected chi connectivity index (χ4v) is 2.90. The van der Waals surface area contributed by atoms with Gasteiger partial charge in [0, 0.05) is 17.7 Å². The molecule has 0 bridgehead atoms. The lowest BCUT2D eigenvalue weighted by molar-refractivity contribution is -0.132. The molecule has 3 N–H and O–H groups in total. The van der Waals surface area contributed by atoms with E-state index in [0.717, 1.165) is 0 Å². The summed E-state index contributed by atoms with van der Waals surface area (Å²) in [6, 6.07) is 12.6. The molecule has 0 aromatic heterocycles.